The van der Waals surface area contributed by atoms with E-state index in [1.165, 1.54) is 20.1 Å². The summed E-state index contributed by atoms with van der Waals surface area (Å²) in [4.78, 5) is 39.8. The van der Waals surface area contributed by atoms with E-state index in [4.69, 9.17) is 4.74 Å². The van der Waals surface area contributed by atoms with E-state index in [0.717, 1.165) is 12.1 Å². The molecule has 1 saturated heterocycles. The van der Waals surface area contributed by atoms with Gasteiger partial charge in [-0.05, 0) is 32.2 Å². The van der Waals surface area contributed by atoms with Crippen molar-refractivity contribution in [2.24, 2.45) is 0 Å². The molecule has 1 unspecified atom stereocenters. The van der Waals surface area contributed by atoms with Gasteiger partial charge in [-0.25, -0.2) is 9.59 Å². The minimum absolute atomic E-state index is 0.206. The fraction of sp³-hybridized carbons (Fsp3) is 0.550. The Kier molecular flexibility index (Phi) is 8.53. The Bertz CT molecular complexity index is 913. The second-order valence-electron chi connectivity index (χ2n) is 7.64. The molecule has 1 atom stereocenters. The topological polar surface area (TPSA) is 79.4 Å². The van der Waals surface area contributed by atoms with Crippen molar-refractivity contribution < 1.29 is 50.2 Å². The van der Waals surface area contributed by atoms with Crippen molar-refractivity contribution in [3.05, 3.63) is 23.8 Å². The number of nitrogens with zero attached hydrogens (tertiary/aromatic N) is 3. The maximum Gasteiger partial charge on any atom is 0.491 e. The van der Waals surface area contributed by atoms with Crippen molar-refractivity contribution >= 4 is 29.2 Å². The highest BCUT2D eigenvalue weighted by Crippen LogP contribution is 2.33. The number of likely N-dealkylation sites (N-methyl/N-ethyl adjacent to an activating group) is 1. The Labute approximate surface area is 191 Å². The number of hydrogen-bond donors (Lipinski definition) is 0. The van der Waals surface area contributed by atoms with Crippen LogP contribution in [0.15, 0.2) is 18.2 Å². The standard InChI is InChI=1S/C20H23F6N3O5/c1-12(11-33-3)29(17(31)19(21,22)23)15-10-13(28-8-6-27(2)7-9-28)4-5-14(15)16(30)34-18(32)20(24,25)26/h4-5,10,12H,6-9,11H2,1-3H3. The summed E-state index contributed by atoms with van der Waals surface area (Å²) in [7, 11) is 3.04. The second kappa shape index (κ2) is 10.6. The van der Waals surface area contributed by atoms with Crippen LogP contribution < -0.4 is 9.80 Å². The molecular formula is C20H23F6N3O5. The second-order valence-corrected chi connectivity index (χ2v) is 7.64. The van der Waals surface area contributed by atoms with Gasteiger partial charge in [0, 0.05) is 39.0 Å². The van der Waals surface area contributed by atoms with Crippen LogP contribution >= 0.6 is 0 Å². The van der Waals surface area contributed by atoms with Gasteiger partial charge >= 0.3 is 30.2 Å². The lowest BCUT2D eigenvalue weighted by atomic mass is 10.1. The van der Waals surface area contributed by atoms with Crippen molar-refractivity contribution in [3.63, 3.8) is 0 Å². The van der Waals surface area contributed by atoms with Gasteiger partial charge in [0.25, 0.3) is 0 Å². The Morgan fingerprint density at radius 1 is 1.03 bits per heavy atom. The van der Waals surface area contributed by atoms with E-state index < -0.39 is 54.1 Å². The van der Waals surface area contributed by atoms with Gasteiger partial charge in [-0.2, -0.15) is 26.3 Å². The Morgan fingerprint density at radius 2 is 1.62 bits per heavy atom. The number of esters is 2. The van der Waals surface area contributed by atoms with Gasteiger partial charge in [0.1, 0.15) is 0 Å². The predicted octanol–water partition coefficient (Wildman–Crippen LogP) is 2.61. The third kappa shape index (κ3) is 6.59. The summed E-state index contributed by atoms with van der Waals surface area (Å²) in [6.07, 6.45) is -10.9. The first-order valence-electron chi connectivity index (χ1n) is 9.97. The zero-order valence-corrected chi connectivity index (χ0v) is 18.5. The van der Waals surface area contributed by atoms with E-state index in [1.54, 1.807) is 4.90 Å². The van der Waals surface area contributed by atoms with Crippen molar-refractivity contribution in [2.45, 2.75) is 25.3 Å². The molecule has 1 aromatic rings. The van der Waals surface area contributed by atoms with Crippen LogP contribution in [0.2, 0.25) is 0 Å². The van der Waals surface area contributed by atoms with Crippen LogP contribution in [-0.4, -0.2) is 88.1 Å². The monoisotopic (exact) mass is 499 g/mol. The number of anilines is 2. The number of methoxy groups -OCH3 is 1. The van der Waals surface area contributed by atoms with E-state index in [0.29, 0.717) is 31.9 Å². The maximum absolute atomic E-state index is 13.4. The van der Waals surface area contributed by atoms with Crippen molar-refractivity contribution in [1.82, 2.24) is 4.90 Å². The van der Waals surface area contributed by atoms with Crippen LogP contribution in [0, 0.1) is 0 Å². The first-order chi connectivity index (χ1) is 15.7. The summed E-state index contributed by atoms with van der Waals surface area (Å²) in [5, 5.41) is 0. The number of ether oxygens (including phenoxy) is 2. The zero-order chi connectivity index (χ0) is 25.8. The third-order valence-electron chi connectivity index (χ3n) is 5.06. The molecule has 8 nitrogen and oxygen atoms in total. The summed E-state index contributed by atoms with van der Waals surface area (Å²) in [5.74, 6) is -7.07. The highest BCUT2D eigenvalue weighted by atomic mass is 19.4. The maximum atomic E-state index is 13.4. The number of alkyl halides is 6. The van der Waals surface area contributed by atoms with Crippen LogP contribution in [0.1, 0.15) is 17.3 Å². The molecule has 0 spiro atoms. The molecule has 0 aromatic heterocycles. The van der Waals surface area contributed by atoms with Gasteiger partial charge < -0.3 is 19.3 Å². The Balaban J connectivity index is 2.61. The fourth-order valence-corrected chi connectivity index (χ4v) is 3.35. The van der Waals surface area contributed by atoms with E-state index in [9.17, 15) is 40.7 Å². The van der Waals surface area contributed by atoms with Crippen LogP contribution in [0.4, 0.5) is 37.7 Å². The molecular weight excluding hydrogens is 476 g/mol. The number of carbonyl (C=O) groups is 3. The van der Waals surface area contributed by atoms with Gasteiger partial charge in [0.05, 0.1) is 23.9 Å². The van der Waals surface area contributed by atoms with Crippen molar-refractivity contribution in [3.8, 4) is 0 Å². The molecule has 2 rings (SSSR count). The molecule has 1 fully saturated rings. The van der Waals surface area contributed by atoms with Gasteiger partial charge in [-0.15, -0.1) is 0 Å². The lowest BCUT2D eigenvalue weighted by Crippen LogP contribution is -2.49. The number of halogens is 6. The molecule has 34 heavy (non-hydrogen) atoms. The first kappa shape index (κ1) is 27.4. The third-order valence-corrected chi connectivity index (χ3v) is 5.06. The molecule has 1 amide bonds. The normalized spacial score (nSPS) is 16.2. The molecule has 1 aliphatic heterocycles. The number of benzene rings is 1. The number of hydrogen-bond acceptors (Lipinski definition) is 7. The van der Waals surface area contributed by atoms with Crippen LogP contribution in [0.3, 0.4) is 0 Å². The van der Waals surface area contributed by atoms with Gasteiger partial charge in [-0.3, -0.25) is 9.69 Å². The molecule has 0 aliphatic carbocycles. The number of carbonyl (C=O) groups excluding carboxylic acids is 3. The van der Waals surface area contributed by atoms with Crippen LogP contribution in [0.25, 0.3) is 0 Å². The number of amides is 1. The molecule has 1 aliphatic rings. The summed E-state index contributed by atoms with van der Waals surface area (Å²) in [6, 6.07) is 2.01. The average Bonchev–Trinajstić information content (AvgIpc) is 2.73. The van der Waals surface area contributed by atoms with Crippen LogP contribution in [-0.2, 0) is 19.1 Å². The number of piperazine rings is 1. The summed E-state index contributed by atoms with van der Waals surface area (Å²) in [5.41, 5.74) is -1.16. The molecule has 1 heterocycles. The largest absolute Gasteiger partial charge is 0.491 e. The van der Waals surface area contributed by atoms with E-state index in [-0.39, 0.29) is 4.90 Å². The lowest BCUT2D eigenvalue weighted by molar-refractivity contribution is -0.193. The minimum Gasteiger partial charge on any atom is -0.383 e. The number of rotatable bonds is 6. The molecule has 1 aromatic carbocycles. The quantitative estimate of drug-likeness (QED) is 0.338. The Hall–Kier alpha value is -2.87. The fourth-order valence-electron chi connectivity index (χ4n) is 3.35. The van der Waals surface area contributed by atoms with E-state index in [2.05, 4.69) is 4.74 Å². The predicted molar refractivity (Wildman–Crippen MR) is 108 cm³/mol. The Morgan fingerprint density at radius 3 is 2.12 bits per heavy atom. The summed E-state index contributed by atoms with van der Waals surface area (Å²) in [6.45, 7) is 2.97. The molecule has 0 radical (unpaired) electrons. The lowest BCUT2D eigenvalue weighted by Gasteiger charge is -2.36. The SMILES string of the molecule is COCC(C)N(C(=O)C(F)(F)F)c1cc(N2CCN(C)CC2)ccc1C(=O)OC(=O)C(F)(F)F. The highest BCUT2D eigenvalue weighted by molar-refractivity contribution is 6.07. The molecule has 190 valence electrons. The van der Waals surface area contributed by atoms with Crippen molar-refractivity contribution in [1.29, 1.82) is 0 Å². The minimum atomic E-state index is -5.51. The van der Waals surface area contributed by atoms with Gasteiger partial charge in [0.2, 0.25) is 0 Å². The van der Waals surface area contributed by atoms with E-state index >= 15 is 0 Å². The molecule has 14 heteroatoms. The first-order valence-corrected chi connectivity index (χ1v) is 9.97. The van der Waals surface area contributed by atoms with Crippen LogP contribution in [0.5, 0.6) is 0 Å². The summed E-state index contributed by atoms with van der Waals surface area (Å²) >= 11 is 0. The van der Waals surface area contributed by atoms with Gasteiger partial charge in [0.15, 0.2) is 0 Å². The highest BCUT2D eigenvalue weighted by Gasteiger charge is 2.47. The van der Waals surface area contributed by atoms with Crippen molar-refractivity contribution in [2.75, 3.05) is 56.7 Å². The van der Waals surface area contributed by atoms with Gasteiger partial charge in [-0.1, -0.05) is 0 Å². The zero-order valence-electron chi connectivity index (χ0n) is 18.5. The smallest absolute Gasteiger partial charge is 0.383 e. The summed E-state index contributed by atoms with van der Waals surface area (Å²) < 4.78 is 86.6. The average molecular weight is 499 g/mol. The molecule has 0 N–H and O–H groups in total. The molecule has 0 saturated carbocycles. The van der Waals surface area contributed by atoms with E-state index in [1.807, 2.05) is 11.9 Å². The molecule has 0 bridgehead atoms.